The quantitative estimate of drug-likeness (QED) is 0.533. The van der Waals surface area contributed by atoms with Crippen molar-refractivity contribution in [1.29, 1.82) is 0 Å². The SMILES string of the molecule is COC(=O)C(CNCCC(C)(C)C)NC(C)=O. The lowest BCUT2D eigenvalue weighted by atomic mass is 9.92. The van der Waals surface area contributed by atoms with Gasteiger partial charge in [-0.15, -0.1) is 0 Å². The average molecular weight is 244 g/mol. The molecule has 0 aliphatic rings. The molecular formula is C12H24N2O3. The number of rotatable bonds is 6. The van der Waals surface area contributed by atoms with Gasteiger partial charge in [-0.25, -0.2) is 4.79 Å². The van der Waals surface area contributed by atoms with E-state index in [0.717, 1.165) is 13.0 Å². The minimum atomic E-state index is -0.613. The summed E-state index contributed by atoms with van der Waals surface area (Å²) in [4.78, 5) is 22.3. The summed E-state index contributed by atoms with van der Waals surface area (Å²) in [6, 6.07) is -0.613. The molecule has 0 spiro atoms. The van der Waals surface area contributed by atoms with E-state index in [1.807, 2.05) is 0 Å². The second-order valence-corrected chi connectivity index (χ2v) is 5.29. The monoisotopic (exact) mass is 244 g/mol. The predicted octanol–water partition coefficient (Wildman–Crippen LogP) is 0.690. The lowest BCUT2D eigenvalue weighted by Gasteiger charge is -2.20. The molecule has 1 atom stereocenters. The third-order valence-electron chi connectivity index (χ3n) is 2.26. The summed E-state index contributed by atoms with van der Waals surface area (Å²) in [7, 11) is 1.31. The normalized spacial score (nSPS) is 13.0. The summed E-state index contributed by atoms with van der Waals surface area (Å²) >= 11 is 0. The Morgan fingerprint density at radius 1 is 1.29 bits per heavy atom. The first-order valence-electron chi connectivity index (χ1n) is 5.82. The molecule has 2 N–H and O–H groups in total. The van der Waals surface area contributed by atoms with Crippen molar-refractivity contribution in [2.24, 2.45) is 5.41 Å². The molecule has 0 saturated carbocycles. The number of amides is 1. The Morgan fingerprint density at radius 3 is 2.29 bits per heavy atom. The standard InChI is InChI=1S/C12H24N2O3/c1-9(15)14-10(11(16)17-5)8-13-7-6-12(2,3)4/h10,13H,6-8H2,1-5H3,(H,14,15). The second-order valence-electron chi connectivity index (χ2n) is 5.29. The molecule has 0 rings (SSSR count). The van der Waals surface area contributed by atoms with Crippen LogP contribution in [0.3, 0.4) is 0 Å². The van der Waals surface area contributed by atoms with E-state index < -0.39 is 12.0 Å². The van der Waals surface area contributed by atoms with Crippen LogP contribution in [0.1, 0.15) is 34.1 Å². The van der Waals surface area contributed by atoms with Gasteiger partial charge in [0.05, 0.1) is 7.11 Å². The Kier molecular flexibility index (Phi) is 6.80. The number of carbonyl (C=O) groups is 2. The fourth-order valence-corrected chi connectivity index (χ4v) is 1.29. The van der Waals surface area contributed by atoms with Gasteiger partial charge in [0.1, 0.15) is 6.04 Å². The fourth-order valence-electron chi connectivity index (χ4n) is 1.29. The van der Waals surface area contributed by atoms with Gasteiger partial charge in [0, 0.05) is 13.5 Å². The number of carbonyl (C=O) groups excluding carboxylic acids is 2. The summed E-state index contributed by atoms with van der Waals surface area (Å²) in [6.45, 7) is 9.03. The smallest absolute Gasteiger partial charge is 0.329 e. The van der Waals surface area contributed by atoms with Gasteiger partial charge < -0.3 is 15.4 Å². The van der Waals surface area contributed by atoms with E-state index in [9.17, 15) is 9.59 Å². The molecular weight excluding hydrogens is 220 g/mol. The number of methoxy groups -OCH3 is 1. The number of esters is 1. The number of hydrogen-bond donors (Lipinski definition) is 2. The molecule has 0 aromatic carbocycles. The zero-order chi connectivity index (χ0) is 13.5. The molecule has 1 amide bonds. The van der Waals surface area contributed by atoms with Gasteiger partial charge in [-0.2, -0.15) is 0 Å². The molecule has 100 valence electrons. The molecule has 1 unspecified atom stereocenters. The van der Waals surface area contributed by atoms with Crippen molar-refractivity contribution in [3.05, 3.63) is 0 Å². The molecule has 5 nitrogen and oxygen atoms in total. The van der Waals surface area contributed by atoms with Crippen LogP contribution in [0.4, 0.5) is 0 Å². The molecule has 0 heterocycles. The van der Waals surface area contributed by atoms with Gasteiger partial charge in [0.2, 0.25) is 5.91 Å². The Bertz CT molecular complexity index is 259. The maximum atomic E-state index is 11.4. The fraction of sp³-hybridized carbons (Fsp3) is 0.833. The molecule has 0 aromatic heterocycles. The van der Waals surface area contributed by atoms with E-state index in [2.05, 4.69) is 36.1 Å². The van der Waals surface area contributed by atoms with E-state index in [1.54, 1.807) is 0 Å². The van der Waals surface area contributed by atoms with Crippen LogP contribution < -0.4 is 10.6 Å². The van der Waals surface area contributed by atoms with Crippen molar-refractivity contribution in [2.75, 3.05) is 20.2 Å². The largest absolute Gasteiger partial charge is 0.467 e. The molecule has 0 aliphatic heterocycles. The van der Waals surface area contributed by atoms with Crippen molar-refractivity contribution >= 4 is 11.9 Å². The molecule has 0 fully saturated rings. The first-order valence-corrected chi connectivity index (χ1v) is 5.82. The Labute approximate surface area is 103 Å². The van der Waals surface area contributed by atoms with Crippen LogP contribution in [0.25, 0.3) is 0 Å². The summed E-state index contributed by atoms with van der Waals surface area (Å²) in [5.74, 6) is -0.665. The van der Waals surface area contributed by atoms with Crippen LogP contribution in [0.15, 0.2) is 0 Å². The number of nitrogens with one attached hydrogen (secondary N) is 2. The maximum absolute atomic E-state index is 11.4. The molecule has 17 heavy (non-hydrogen) atoms. The van der Waals surface area contributed by atoms with E-state index in [-0.39, 0.29) is 11.3 Å². The summed E-state index contributed by atoms with van der Waals surface area (Å²) in [5.41, 5.74) is 0.252. The number of hydrogen-bond acceptors (Lipinski definition) is 4. The van der Waals surface area contributed by atoms with Gasteiger partial charge in [-0.3, -0.25) is 4.79 Å². The van der Waals surface area contributed by atoms with E-state index >= 15 is 0 Å². The van der Waals surface area contributed by atoms with Crippen LogP contribution in [-0.2, 0) is 14.3 Å². The Morgan fingerprint density at radius 2 is 1.88 bits per heavy atom. The van der Waals surface area contributed by atoms with Crippen molar-refractivity contribution in [3.63, 3.8) is 0 Å². The van der Waals surface area contributed by atoms with E-state index in [0.29, 0.717) is 6.54 Å². The topological polar surface area (TPSA) is 67.4 Å². The lowest BCUT2D eigenvalue weighted by Crippen LogP contribution is -2.47. The van der Waals surface area contributed by atoms with Crippen molar-refractivity contribution in [1.82, 2.24) is 10.6 Å². The summed E-state index contributed by atoms with van der Waals surface area (Å²) < 4.78 is 4.62. The zero-order valence-corrected chi connectivity index (χ0v) is 11.4. The zero-order valence-electron chi connectivity index (χ0n) is 11.4. The minimum Gasteiger partial charge on any atom is -0.467 e. The van der Waals surface area contributed by atoms with Gasteiger partial charge in [-0.05, 0) is 18.4 Å². The highest BCUT2D eigenvalue weighted by atomic mass is 16.5. The summed E-state index contributed by atoms with van der Waals surface area (Å²) in [6.07, 6.45) is 1.00. The predicted molar refractivity (Wildman–Crippen MR) is 66.6 cm³/mol. The van der Waals surface area contributed by atoms with Gasteiger partial charge >= 0.3 is 5.97 Å². The molecule has 0 aliphatic carbocycles. The first-order chi connectivity index (χ1) is 7.76. The third-order valence-corrected chi connectivity index (χ3v) is 2.26. The first kappa shape index (κ1) is 15.9. The molecule has 0 radical (unpaired) electrons. The highest BCUT2D eigenvalue weighted by Crippen LogP contribution is 2.16. The second kappa shape index (κ2) is 7.27. The molecule has 0 bridgehead atoms. The maximum Gasteiger partial charge on any atom is 0.329 e. The highest BCUT2D eigenvalue weighted by Gasteiger charge is 2.19. The Balaban J connectivity index is 4.00. The van der Waals surface area contributed by atoms with Crippen molar-refractivity contribution < 1.29 is 14.3 Å². The highest BCUT2D eigenvalue weighted by molar-refractivity contribution is 5.83. The molecule has 0 saturated heterocycles. The van der Waals surface area contributed by atoms with Crippen molar-refractivity contribution in [3.8, 4) is 0 Å². The molecule has 0 aromatic rings. The van der Waals surface area contributed by atoms with E-state index in [1.165, 1.54) is 14.0 Å². The minimum absolute atomic E-state index is 0.238. The van der Waals surface area contributed by atoms with Gasteiger partial charge in [-0.1, -0.05) is 20.8 Å². The van der Waals surface area contributed by atoms with Crippen molar-refractivity contribution in [2.45, 2.75) is 40.2 Å². The lowest BCUT2D eigenvalue weighted by molar-refractivity contribution is -0.144. The van der Waals surface area contributed by atoms with Crippen LogP contribution >= 0.6 is 0 Å². The van der Waals surface area contributed by atoms with Crippen LogP contribution in [-0.4, -0.2) is 38.1 Å². The average Bonchev–Trinajstić information content (AvgIpc) is 2.19. The summed E-state index contributed by atoms with van der Waals surface area (Å²) in [5, 5.41) is 5.70. The van der Waals surface area contributed by atoms with Crippen LogP contribution in [0.5, 0.6) is 0 Å². The van der Waals surface area contributed by atoms with E-state index in [4.69, 9.17) is 0 Å². The Hall–Kier alpha value is -1.10. The van der Waals surface area contributed by atoms with Gasteiger partial charge in [0.25, 0.3) is 0 Å². The van der Waals surface area contributed by atoms with Crippen LogP contribution in [0.2, 0.25) is 0 Å². The van der Waals surface area contributed by atoms with Gasteiger partial charge in [0.15, 0.2) is 0 Å². The third kappa shape index (κ3) is 8.68. The van der Waals surface area contributed by atoms with Crippen LogP contribution in [0, 0.1) is 5.41 Å². The molecule has 5 heteroatoms. The number of ether oxygens (including phenoxy) is 1.